The molecule has 1 atom stereocenters. The van der Waals surface area contributed by atoms with Crippen LogP contribution in [0, 0.1) is 0 Å². The molecule has 1 saturated heterocycles. The summed E-state index contributed by atoms with van der Waals surface area (Å²) in [6.45, 7) is 1.56. The molecule has 2 aromatic heterocycles. The predicted octanol–water partition coefficient (Wildman–Crippen LogP) is 2.39. The predicted molar refractivity (Wildman–Crippen MR) is 94.9 cm³/mol. The molecule has 25 heavy (non-hydrogen) atoms. The van der Waals surface area contributed by atoms with Crippen molar-refractivity contribution in [3.8, 4) is 11.5 Å². The molecule has 1 N–H and O–H groups in total. The number of benzene rings is 1. The zero-order valence-corrected chi connectivity index (χ0v) is 13.9. The lowest BCUT2D eigenvalue weighted by atomic mass is 10.2. The zero-order chi connectivity index (χ0) is 17.1. The Morgan fingerprint density at radius 2 is 2.12 bits per heavy atom. The second-order valence-corrected chi connectivity index (χ2v) is 6.16. The number of nitrogens with one attached hydrogen (secondary N) is 1. The summed E-state index contributed by atoms with van der Waals surface area (Å²) in [5, 5.41) is 2.97. The highest BCUT2D eigenvalue weighted by molar-refractivity contribution is 5.84. The number of fused-ring (bicyclic) bond motifs is 1. The summed E-state index contributed by atoms with van der Waals surface area (Å²) >= 11 is 0. The number of para-hydroxylation sites is 2. The third-order valence-corrected chi connectivity index (χ3v) is 4.40. The lowest BCUT2D eigenvalue weighted by Gasteiger charge is -2.12. The van der Waals surface area contributed by atoms with Crippen molar-refractivity contribution in [2.45, 2.75) is 25.5 Å². The van der Waals surface area contributed by atoms with Crippen LogP contribution in [0.15, 0.2) is 48.7 Å². The molecule has 1 fully saturated rings. The number of carbonyl (C=O) groups is 1. The minimum absolute atomic E-state index is 0.0455. The highest BCUT2D eigenvalue weighted by atomic mass is 16.5. The van der Waals surface area contributed by atoms with Gasteiger partial charge in [-0.1, -0.05) is 18.2 Å². The first kappa shape index (κ1) is 15.8. The molecule has 1 unspecified atom stereocenters. The van der Waals surface area contributed by atoms with E-state index in [1.807, 2.05) is 47.0 Å². The molecule has 6 heteroatoms. The van der Waals surface area contributed by atoms with Crippen molar-refractivity contribution in [2.75, 3.05) is 13.2 Å². The van der Waals surface area contributed by atoms with Gasteiger partial charge in [0.25, 0.3) is 0 Å². The molecule has 128 valence electrons. The van der Waals surface area contributed by atoms with Gasteiger partial charge in [0.15, 0.2) is 5.82 Å². The average Bonchev–Trinajstić information content (AvgIpc) is 3.29. The summed E-state index contributed by atoms with van der Waals surface area (Å²) in [4.78, 5) is 21.5. The standard InChI is InChI=1S/C19H20N4O2/c24-18(21-12-14-6-5-11-25-14)13-23-17-9-2-1-7-15(17)22-19(23)16-8-3-4-10-20-16/h1-4,7-10,14H,5-6,11-13H2,(H,21,24). The van der Waals surface area contributed by atoms with E-state index >= 15 is 0 Å². The number of carbonyl (C=O) groups excluding carboxylic acids is 1. The number of rotatable bonds is 5. The zero-order valence-electron chi connectivity index (χ0n) is 13.9. The Kier molecular flexibility index (Phi) is 4.43. The fourth-order valence-electron chi connectivity index (χ4n) is 3.16. The van der Waals surface area contributed by atoms with Gasteiger partial charge in [0.1, 0.15) is 12.2 Å². The molecule has 3 heterocycles. The maximum atomic E-state index is 12.5. The van der Waals surface area contributed by atoms with Crippen LogP contribution in [0.2, 0.25) is 0 Å². The van der Waals surface area contributed by atoms with Gasteiger partial charge in [0.2, 0.25) is 5.91 Å². The smallest absolute Gasteiger partial charge is 0.240 e. The van der Waals surface area contributed by atoms with Gasteiger partial charge in [-0.25, -0.2) is 4.98 Å². The Morgan fingerprint density at radius 1 is 1.24 bits per heavy atom. The summed E-state index contributed by atoms with van der Waals surface area (Å²) in [7, 11) is 0. The van der Waals surface area contributed by atoms with E-state index in [-0.39, 0.29) is 18.6 Å². The van der Waals surface area contributed by atoms with Crippen LogP contribution in [0.4, 0.5) is 0 Å². The van der Waals surface area contributed by atoms with Crippen LogP contribution in [0.3, 0.4) is 0 Å². The van der Waals surface area contributed by atoms with E-state index in [2.05, 4.69) is 15.3 Å². The van der Waals surface area contributed by atoms with Crippen LogP contribution >= 0.6 is 0 Å². The van der Waals surface area contributed by atoms with Gasteiger partial charge in [-0.05, 0) is 37.1 Å². The maximum absolute atomic E-state index is 12.5. The largest absolute Gasteiger partial charge is 0.376 e. The summed E-state index contributed by atoms with van der Waals surface area (Å²) in [6, 6.07) is 13.5. The highest BCUT2D eigenvalue weighted by Crippen LogP contribution is 2.23. The van der Waals surface area contributed by atoms with Crippen molar-refractivity contribution in [3.63, 3.8) is 0 Å². The molecule has 4 rings (SSSR count). The SMILES string of the molecule is O=C(Cn1c(-c2ccccn2)nc2ccccc21)NCC1CCCO1. The van der Waals surface area contributed by atoms with Crippen molar-refractivity contribution in [1.82, 2.24) is 19.9 Å². The van der Waals surface area contributed by atoms with Gasteiger partial charge in [-0.15, -0.1) is 0 Å². The first-order chi connectivity index (χ1) is 12.3. The third kappa shape index (κ3) is 3.39. The van der Waals surface area contributed by atoms with Crippen molar-refractivity contribution >= 4 is 16.9 Å². The number of hydrogen-bond acceptors (Lipinski definition) is 4. The summed E-state index contributed by atoms with van der Waals surface area (Å²) < 4.78 is 7.48. The first-order valence-electron chi connectivity index (χ1n) is 8.56. The summed E-state index contributed by atoms with van der Waals surface area (Å²) in [5.74, 6) is 0.657. The van der Waals surface area contributed by atoms with E-state index in [1.54, 1.807) is 6.20 Å². The second-order valence-electron chi connectivity index (χ2n) is 6.16. The van der Waals surface area contributed by atoms with Crippen molar-refractivity contribution in [1.29, 1.82) is 0 Å². The number of ether oxygens (including phenoxy) is 1. The molecule has 0 radical (unpaired) electrons. The van der Waals surface area contributed by atoms with Crippen LogP contribution in [-0.2, 0) is 16.1 Å². The summed E-state index contributed by atoms with van der Waals surface area (Å²) in [6.07, 6.45) is 3.94. The Labute approximate surface area is 145 Å². The molecule has 1 amide bonds. The number of pyridine rings is 1. The highest BCUT2D eigenvalue weighted by Gasteiger charge is 2.18. The van der Waals surface area contributed by atoms with Crippen molar-refractivity contribution in [2.24, 2.45) is 0 Å². The molecular formula is C19H20N4O2. The van der Waals surface area contributed by atoms with Gasteiger partial charge in [0.05, 0.1) is 17.1 Å². The van der Waals surface area contributed by atoms with Gasteiger partial charge in [0, 0.05) is 19.3 Å². The van der Waals surface area contributed by atoms with Crippen LogP contribution < -0.4 is 5.32 Å². The number of imidazole rings is 1. The van der Waals surface area contributed by atoms with E-state index in [1.165, 1.54) is 0 Å². The molecule has 0 aliphatic carbocycles. The second kappa shape index (κ2) is 7.03. The monoisotopic (exact) mass is 336 g/mol. The minimum atomic E-state index is -0.0455. The lowest BCUT2D eigenvalue weighted by Crippen LogP contribution is -2.34. The molecular weight excluding hydrogens is 316 g/mol. The molecule has 0 spiro atoms. The molecule has 0 saturated carbocycles. The van der Waals surface area contributed by atoms with E-state index in [0.717, 1.165) is 36.2 Å². The minimum Gasteiger partial charge on any atom is -0.376 e. The Bertz CT molecular complexity index is 870. The fourth-order valence-corrected chi connectivity index (χ4v) is 3.16. The Morgan fingerprint density at radius 3 is 2.92 bits per heavy atom. The molecule has 1 aliphatic rings. The number of aromatic nitrogens is 3. The quantitative estimate of drug-likeness (QED) is 0.777. The first-order valence-corrected chi connectivity index (χ1v) is 8.56. The van der Waals surface area contributed by atoms with E-state index in [9.17, 15) is 4.79 Å². The average molecular weight is 336 g/mol. The van der Waals surface area contributed by atoms with Gasteiger partial charge < -0.3 is 14.6 Å². The molecule has 6 nitrogen and oxygen atoms in total. The molecule has 1 aromatic carbocycles. The van der Waals surface area contributed by atoms with Crippen molar-refractivity contribution in [3.05, 3.63) is 48.7 Å². The number of hydrogen-bond donors (Lipinski definition) is 1. The van der Waals surface area contributed by atoms with Gasteiger partial charge in [-0.3, -0.25) is 9.78 Å². The Hall–Kier alpha value is -2.73. The normalized spacial score (nSPS) is 17.0. The van der Waals surface area contributed by atoms with Crippen molar-refractivity contribution < 1.29 is 9.53 Å². The number of nitrogens with zero attached hydrogens (tertiary/aromatic N) is 3. The van der Waals surface area contributed by atoms with Gasteiger partial charge in [-0.2, -0.15) is 0 Å². The Balaban J connectivity index is 1.60. The molecule has 3 aromatic rings. The lowest BCUT2D eigenvalue weighted by molar-refractivity contribution is -0.122. The van der Waals surface area contributed by atoms with E-state index in [0.29, 0.717) is 12.4 Å². The maximum Gasteiger partial charge on any atom is 0.240 e. The van der Waals surface area contributed by atoms with Gasteiger partial charge >= 0.3 is 0 Å². The molecule has 0 bridgehead atoms. The molecule has 1 aliphatic heterocycles. The van der Waals surface area contributed by atoms with Crippen LogP contribution in [0.1, 0.15) is 12.8 Å². The number of amides is 1. The van der Waals surface area contributed by atoms with Crippen LogP contribution in [-0.4, -0.2) is 39.7 Å². The fraction of sp³-hybridized carbons (Fsp3) is 0.316. The van der Waals surface area contributed by atoms with Crippen LogP contribution in [0.25, 0.3) is 22.6 Å². The van der Waals surface area contributed by atoms with E-state index in [4.69, 9.17) is 4.74 Å². The van der Waals surface area contributed by atoms with Crippen LogP contribution in [0.5, 0.6) is 0 Å². The summed E-state index contributed by atoms with van der Waals surface area (Å²) in [5.41, 5.74) is 2.54. The topological polar surface area (TPSA) is 69.0 Å². The van der Waals surface area contributed by atoms with E-state index < -0.39 is 0 Å². The third-order valence-electron chi connectivity index (χ3n) is 4.40.